The first-order valence-electron chi connectivity index (χ1n) is 10.8. The molecule has 0 aliphatic carbocycles. The van der Waals surface area contributed by atoms with Gasteiger partial charge in [0.25, 0.3) is 5.91 Å². The number of methoxy groups -OCH3 is 1. The van der Waals surface area contributed by atoms with Crippen molar-refractivity contribution in [2.24, 2.45) is 0 Å². The summed E-state index contributed by atoms with van der Waals surface area (Å²) >= 11 is 0. The molecule has 0 radical (unpaired) electrons. The summed E-state index contributed by atoms with van der Waals surface area (Å²) in [6, 6.07) is 27.8. The van der Waals surface area contributed by atoms with Crippen molar-refractivity contribution in [2.75, 3.05) is 12.0 Å². The van der Waals surface area contributed by atoms with E-state index in [1.165, 1.54) is 0 Å². The topological polar surface area (TPSA) is 66.8 Å². The molecule has 0 fully saturated rings. The minimum Gasteiger partial charge on any atom is -0.497 e. The van der Waals surface area contributed by atoms with E-state index in [1.54, 1.807) is 48.4 Å². The Balaban J connectivity index is 1.49. The summed E-state index contributed by atoms with van der Waals surface area (Å²) < 4.78 is 5.15. The zero-order valence-corrected chi connectivity index (χ0v) is 18.2. The van der Waals surface area contributed by atoms with Crippen LogP contribution in [0, 0.1) is 0 Å². The van der Waals surface area contributed by atoms with Crippen LogP contribution in [0.1, 0.15) is 27.9 Å². The van der Waals surface area contributed by atoms with Gasteiger partial charge in [-0.1, -0.05) is 60.7 Å². The molecule has 1 atom stereocenters. The number of Topliss-reactive ketones (excluding diaryl/α,β-unsaturated/α-hetero) is 1. The largest absolute Gasteiger partial charge is 0.497 e. The lowest BCUT2D eigenvalue weighted by Crippen LogP contribution is -2.41. The lowest BCUT2D eigenvalue weighted by Gasteiger charge is -2.23. The molecule has 1 aliphatic rings. The van der Waals surface area contributed by atoms with Gasteiger partial charge in [-0.15, -0.1) is 0 Å². The van der Waals surface area contributed by atoms with E-state index in [0.29, 0.717) is 29.1 Å². The van der Waals surface area contributed by atoms with Crippen molar-refractivity contribution in [3.8, 4) is 5.75 Å². The molecule has 0 spiro atoms. The van der Waals surface area contributed by atoms with E-state index >= 15 is 0 Å². The zero-order valence-electron chi connectivity index (χ0n) is 18.2. The zero-order chi connectivity index (χ0) is 23.0. The molecule has 4 aromatic rings. The summed E-state index contributed by atoms with van der Waals surface area (Å²) in [4.78, 5) is 28.2. The van der Waals surface area contributed by atoms with Gasteiger partial charge in [-0.3, -0.25) is 9.59 Å². The van der Waals surface area contributed by atoms with Gasteiger partial charge in [-0.25, -0.2) is 0 Å². The molecular weight excluding hydrogens is 414 g/mol. The maximum atomic E-state index is 13.6. The average molecular weight is 437 g/mol. The van der Waals surface area contributed by atoms with E-state index in [9.17, 15) is 14.7 Å². The third kappa shape index (κ3) is 3.56. The van der Waals surface area contributed by atoms with Gasteiger partial charge in [0.05, 0.1) is 25.8 Å². The van der Waals surface area contributed by atoms with E-state index in [1.807, 2.05) is 54.6 Å². The second kappa shape index (κ2) is 8.19. The number of anilines is 1. The van der Waals surface area contributed by atoms with Gasteiger partial charge in [-0.2, -0.15) is 0 Å². The summed E-state index contributed by atoms with van der Waals surface area (Å²) in [7, 11) is 1.55. The van der Waals surface area contributed by atoms with Crippen LogP contribution in [0.3, 0.4) is 0 Å². The first-order chi connectivity index (χ1) is 16.0. The summed E-state index contributed by atoms with van der Waals surface area (Å²) in [5.41, 5.74) is 0.555. The highest BCUT2D eigenvalue weighted by Gasteiger charge is 2.50. The molecule has 1 N–H and O–H groups in total. The van der Waals surface area contributed by atoms with Crippen molar-refractivity contribution in [1.82, 2.24) is 0 Å². The number of nitrogens with zero attached hydrogens (tertiary/aromatic N) is 1. The average Bonchev–Trinajstić information content (AvgIpc) is 3.06. The molecule has 1 amide bonds. The number of hydrogen-bond donors (Lipinski definition) is 1. The van der Waals surface area contributed by atoms with Crippen molar-refractivity contribution in [3.05, 3.63) is 108 Å². The highest BCUT2D eigenvalue weighted by molar-refractivity contribution is 6.11. The Hall–Kier alpha value is -3.96. The summed E-state index contributed by atoms with van der Waals surface area (Å²) in [6.07, 6.45) is -0.332. The number of ketones is 1. The van der Waals surface area contributed by atoms with Gasteiger partial charge in [0, 0.05) is 11.1 Å². The molecule has 1 heterocycles. The van der Waals surface area contributed by atoms with E-state index < -0.39 is 11.5 Å². The van der Waals surface area contributed by atoms with E-state index in [-0.39, 0.29) is 12.2 Å². The second-order valence-electron chi connectivity index (χ2n) is 8.24. The summed E-state index contributed by atoms with van der Waals surface area (Å²) in [6.45, 7) is 0.302. The Labute approximate surface area is 191 Å². The third-order valence-corrected chi connectivity index (χ3v) is 6.28. The van der Waals surface area contributed by atoms with Crippen LogP contribution in [0.5, 0.6) is 5.75 Å². The van der Waals surface area contributed by atoms with Gasteiger partial charge in [0.1, 0.15) is 5.75 Å². The number of para-hydroxylation sites is 1. The number of ether oxygens (including phenoxy) is 1. The van der Waals surface area contributed by atoms with Crippen molar-refractivity contribution >= 4 is 28.2 Å². The molecule has 5 nitrogen and oxygen atoms in total. The van der Waals surface area contributed by atoms with Gasteiger partial charge in [0.2, 0.25) is 0 Å². The number of amides is 1. The fraction of sp³-hybridized carbons (Fsp3) is 0.143. The van der Waals surface area contributed by atoms with E-state index in [2.05, 4.69) is 0 Å². The van der Waals surface area contributed by atoms with Crippen molar-refractivity contribution < 1.29 is 19.4 Å². The Morgan fingerprint density at radius 1 is 0.909 bits per heavy atom. The van der Waals surface area contributed by atoms with Crippen LogP contribution in [0.25, 0.3) is 10.8 Å². The summed E-state index contributed by atoms with van der Waals surface area (Å²) in [5.74, 6) is -0.164. The van der Waals surface area contributed by atoms with Crippen molar-refractivity contribution in [1.29, 1.82) is 0 Å². The molecule has 0 saturated heterocycles. The van der Waals surface area contributed by atoms with Gasteiger partial charge in [0.15, 0.2) is 11.4 Å². The first kappa shape index (κ1) is 20.9. The number of carbonyl (C=O) groups is 2. The van der Waals surface area contributed by atoms with E-state index in [0.717, 1.165) is 16.3 Å². The maximum absolute atomic E-state index is 13.6. The monoisotopic (exact) mass is 437 g/mol. The van der Waals surface area contributed by atoms with Crippen LogP contribution < -0.4 is 9.64 Å². The molecule has 0 aromatic heterocycles. The molecule has 33 heavy (non-hydrogen) atoms. The lowest BCUT2D eigenvalue weighted by atomic mass is 9.88. The Kier molecular flexibility index (Phi) is 5.19. The second-order valence-corrected chi connectivity index (χ2v) is 8.24. The molecular formula is C28H23NO4. The number of benzene rings is 4. The van der Waals surface area contributed by atoms with Gasteiger partial charge >= 0.3 is 0 Å². The highest BCUT2D eigenvalue weighted by Crippen LogP contribution is 2.44. The quantitative estimate of drug-likeness (QED) is 0.438. The minimum atomic E-state index is -1.92. The van der Waals surface area contributed by atoms with E-state index in [4.69, 9.17) is 4.74 Å². The summed E-state index contributed by atoms with van der Waals surface area (Å²) in [5, 5.41) is 13.7. The molecule has 0 unspecified atom stereocenters. The molecule has 5 rings (SSSR count). The fourth-order valence-corrected chi connectivity index (χ4v) is 4.55. The van der Waals surface area contributed by atoms with Crippen LogP contribution in [0.4, 0.5) is 5.69 Å². The third-order valence-electron chi connectivity index (χ3n) is 6.28. The molecule has 4 aromatic carbocycles. The molecule has 164 valence electrons. The molecule has 0 bridgehead atoms. The first-order valence-corrected chi connectivity index (χ1v) is 10.8. The highest BCUT2D eigenvalue weighted by atomic mass is 16.5. The maximum Gasteiger partial charge on any atom is 0.264 e. The predicted octanol–water partition coefficient (Wildman–Crippen LogP) is 4.86. The van der Waals surface area contributed by atoms with Crippen LogP contribution >= 0.6 is 0 Å². The number of fused-ring (bicyclic) bond motifs is 2. The van der Waals surface area contributed by atoms with Gasteiger partial charge < -0.3 is 14.7 Å². The molecule has 1 aliphatic heterocycles. The SMILES string of the molecule is COc1ccc(C(=O)C[C@]2(O)C(=O)N(Cc3cccc4ccccc34)c3ccccc32)cc1. The lowest BCUT2D eigenvalue weighted by molar-refractivity contribution is -0.136. The minimum absolute atomic E-state index is 0.302. The number of carbonyl (C=O) groups excluding carboxylic acids is 2. The number of aliphatic hydroxyl groups is 1. The van der Waals surface area contributed by atoms with Crippen LogP contribution in [0.15, 0.2) is 91.0 Å². The van der Waals surface area contributed by atoms with Crippen LogP contribution in [0.2, 0.25) is 0 Å². The van der Waals surface area contributed by atoms with Crippen molar-refractivity contribution in [2.45, 2.75) is 18.6 Å². The van der Waals surface area contributed by atoms with Crippen LogP contribution in [-0.2, 0) is 16.9 Å². The number of rotatable bonds is 6. The molecule has 5 heteroatoms. The molecule has 0 saturated carbocycles. The predicted molar refractivity (Wildman–Crippen MR) is 127 cm³/mol. The Morgan fingerprint density at radius 3 is 2.39 bits per heavy atom. The standard InChI is InChI=1S/C28H23NO4/c1-33-22-15-13-20(14-16-22)26(30)17-28(32)24-11-4-5-12-25(24)29(27(28)31)18-21-9-6-8-19-7-2-3-10-23(19)21/h2-16,32H,17-18H2,1H3/t28-/m1/s1. The Morgan fingerprint density at radius 2 is 1.61 bits per heavy atom. The fourth-order valence-electron chi connectivity index (χ4n) is 4.55. The van der Waals surface area contributed by atoms with Crippen LogP contribution in [-0.4, -0.2) is 23.9 Å². The smallest absolute Gasteiger partial charge is 0.264 e. The number of hydrogen-bond acceptors (Lipinski definition) is 4. The van der Waals surface area contributed by atoms with Gasteiger partial charge in [-0.05, 0) is 46.7 Å². The Bertz CT molecular complexity index is 1360. The van der Waals surface area contributed by atoms with Crippen molar-refractivity contribution in [3.63, 3.8) is 0 Å². The normalized spacial score (nSPS) is 17.3.